The molecule has 0 aliphatic carbocycles. The van der Waals surface area contributed by atoms with E-state index in [1.54, 1.807) is 12.1 Å². The van der Waals surface area contributed by atoms with E-state index < -0.39 is 12.2 Å². The smallest absolute Gasteiger partial charge is 0.414 e. The molecule has 0 unspecified atom stereocenters. The molecule has 1 aromatic carbocycles. The molecule has 8 nitrogen and oxygen atoms in total. The molecule has 0 aromatic heterocycles. The standard InChI is InChI=1S/C21H29FN4O4/c1-15(27)23-10-17-11-26(20(28)30-17)16-3-4-19(18(22)9-16)25-7-5-21(6-8-25)12-24(2)14-29-13-21/h3-4,9,17H,5-8,10-14H2,1-2H3,(H,23,27)/t17-/m0/s1. The van der Waals surface area contributed by atoms with Gasteiger partial charge < -0.3 is 19.7 Å². The number of halogens is 1. The van der Waals surface area contributed by atoms with E-state index in [0.717, 1.165) is 39.1 Å². The Morgan fingerprint density at radius 2 is 2.10 bits per heavy atom. The molecule has 9 heteroatoms. The Morgan fingerprint density at radius 1 is 1.33 bits per heavy atom. The summed E-state index contributed by atoms with van der Waals surface area (Å²) in [4.78, 5) is 28.9. The molecule has 1 aromatic rings. The zero-order valence-corrected chi connectivity index (χ0v) is 17.5. The molecular formula is C21H29FN4O4. The van der Waals surface area contributed by atoms with Crippen LogP contribution in [0.4, 0.5) is 20.6 Å². The molecule has 3 fully saturated rings. The molecular weight excluding hydrogens is 391 g/mol. The summed E-state index contributed by atoms with van der Waals surface area (Å²) in [6.45, 7) is 5.93. The summed E-state index contributed by atoms with van der Waals surface area (Å²) in [5.41, 5.74) is 1.17. The second kappa shape index (κ2) is 8.39. The molecule has 30 heavy (non-hydrogen) atoms. The van der Waals surface area contributed by atoms with E-state index in [1.807, 2.05) is 0 Å². The number of anilines is 2. The van der Waals surface area contributed by atoms with Crippen LogP contribution in [0.3, 0.4) is 0 Å². The van der Waals surface area contributed by atoms with Crippen LogP contribution in [0.15, 0.2) is 18.2 Å². The van der Waals surface area contributed by atoms with Gasteiger partial charge >= 0.3 is 6.09 Å². The monoisotopic (exact) mass is 420 g/mol. The van der Waals surface area contributed by atoms with Gasteiger partial charge in [0.05, 0.1) is 37.8 Å². The van der Waals surface area contributed by atoms with Crippen LogP contribution in [0.2, 0.25) is 0 Å². The van der Waals surface area contributed by atoms with Crippen molar-refractivity contribution in [2.24, 2.45) is 5.41 Å². The molecule has 0 bridgehead atoms. The normalized spacial score (nSPS) is 24.2. The first-order valence-electron chi connectivity index (χ1n) is 10.4. The van der Waals surface area contributed by atoms with Crippen molar-refractivity contribution < 1.29 is 23.5 Å². The second-order valence-electron chi connectivity index (χ2n) is 8.67. The Balaban J connectivity index is 1.39. The molecule has 1 N–H and O–H groups in total. The fraction of sp³-hybridized carbons (Fsp3) is 0.619. The zero-order chi connectivity index (χ0) is 21.3. The highest BCUT2D eigenvalue weighted by Crippen LogP contribution is 2.37. The molecule has 3 aliphatic heterocycles. The summed E-state index contributed by atoms with van der Waals surface area (Å²) in [5, 5.41) is 2.64. The quantitative estimate of drug-likeness (QED) is 0.801. The van der Waals surface area contributed by atoms with Crippen molar-refractivity contribution in [3.8, 4) is 0 Å². The van der Waals surface area contributed by atoms with E-state index in [1.165, 1.54) is 17.9 Å². The molecule has 0 radical (unpaired) electrons. The molecule has 2 amide bonds. The van der Waals surface area contributed by atoms with E-state index in [0.29, 0.717) is 18.1 Å². The van der Waals surface area contributed by atoms with Crippen molar-refractivity contribution in [3.63, 3.8) is 0 Å². The van der Waals surface area contributed by atoms with Gasteiger partial charge in [-0.15, -0.1) is 0 Å². The lowest BCUT2D eigenvalue weighted by molar-refractivity contribution is -0.119. The van der Waals surface area contributed by atoms with Crippen molar-refractivity contribution in [2.75, 3.05) is 62.9 Å². The summed E-state index contributed by atoms with van der Waals surface area (Å²) in [5.74, 6) is -0.534. The van der Waals surface area contributed by atoms with E-state index in [-0.39, 0.29) is 30.2 Å². The predicted molar refractivity (Wildman–Crippen MR) is 110 cm³/mol. The number of nitrogens with one attached hydrogen (secondary N) is 1. The summed E-state index contributed by atoms with van der Waals surface area (Å²) >= 11 is 0. The third kappa shape index (κ3) is 4.37. The van der Waals surface area contributed by atoms with Gasteiger partial charge in [0.15, 0.2) is 0 Å². The van der Waals surface area contributed by atoms with Gasteiger partial charge in [0.1, 0.15) is 11.9 Å². The van der Waals surface area contributed by atoms with Gasteiger partial charge in [-0.05, 0) is 38.1 Å². The van der Waals surface area contributed by atoms with Crippen LogP contribution in [0.5, 0.6) is 0 Å². The number of cyclic esters (lactones) is 1. The first-order valence-corrected chi connectivity index (χ1v) is 10.4. The number of ether oxygens (including phenoxy) is 2. The number of amides is 2. The third-order valence-electron chi connectivity index (χ3n) is 6.19. The molecule has 3 saturated heterocycles. The second-order valence-corrected chi connectivity index (χ2v) is 8.67. The number of benzene rings is 1. The Hall–Kier alpha value is -2.39. The van der Waals surface area contributed by atoms with Gasteiger partial charge in [0, 0.05) is 32.0 Å². The largest absolute Gasteiger partial charge is 0.442 e. The fourth-order valence-corrected chi connectivity index (χ4v) is 4.62. The summed E-state index contributed by atoms with van der Waals surface area (Å²) in [6.07, 6.45) is 0.945. The van der Waals surface area contributed by atoms with Gasteiger partial charge in [0.25, 0.3) is 0 Å². The molecule has 0 saturated carbocycles. The maximum atomic E-state index is 15.0. The minimum atomic E-state index is -0.529. The van der Waals surface area contributed by atoms with Crippen LogP contribution in [0, 0.1) is 11.2 Å². The Kier molecular flexibility index (Phi) is 5.84. The maximum absolute atomic E-state index is 15.0. The van der Waals surface area contributed by atoms with E-state index in [4.69, 9.17) is 9.47 Å². The van der Waals surface area contributed by atoms with Crippen molar-refractivity contribution in [2.45, 2.75) is 25.9 Å². The predicted octanol–water partition coefficient (Wildman–Crippen LogP) is 1.79. The zero-order valence-electron chi connectivity index (χ0n) is 17.5. The number of carbonyl (C=O) groups is 2. The average Bonchev–Trinajstić information content (AvgIpc) is 3.08. The first kappa shape index (κ1) is 20.9. The molecule has 3 aliphatic rings. The Morgan fingerprint density at radius 3 is 2.77 bits per heavy atom. The maximum Gasteiger partial charge on any atom is 0.414 e. The molecule has 1 atom stereocenters. The highest BCUT2D eigenvalue weighted by molar-refractivity contribution is 5.90. The Labute approximate surface area is 175 Å². The van der Waals surface area contributed by atoms with E-state index in [2.05, 4.69) is 22.2 Å². The lowest BCUT2D eigenvalue weighted by Gasteiger charge is -2.47. The van der Waals surface area contributed by atoms with Crippen LogP contribution >= 0.6 is 0 Å². The average molecular weight is 420 g/mol. The Bertz CT molecular complexity index is 812. The number of hydrogen-bond acceptors (Lipinski definition) is 6. The summed E-state index contributed by atoms with van der Waals surface area (Å²) < 4.78 is 25.9. The van der Waals surface area contributed by atoms with Crippen LogP contribution in [-0.4, -0.2) is 76.1 Å². The summed E-state index contributed by atoms with van der Waals surface area (Å²) in [7, 11) is 2.07. The molecule has 164 valence electrons. The van der Waals surface area contributed by atoms with Gasteiger partial charge in [0.2, 0.25) is 5.91 Å². The minimum absolute atomic E-state index is 0.155. The van der Waals surface area contributed by atoms with Crippen molar-refractivity contribution in [3.05, 3.63) is 24.0 Å². The van der Waals surface area contributed by atoms with Crippen molar-refractivity contribution in [1.82, 2.24) is 10.2 Å². The van der Waals surface area contributed by atoms with Crippen LogP contribution in [-0.2, 0) is 14.3 Å². The molecule has 3 heterocycles. The van der Waals surface area contributed by atoms with Gasteiger partial charge in [-0.3, -0.25) is 14.6 Å². The highest BCUT2D eigenvalue weighted by atomic mass is 19.1. The van der Waals surface area contributed by atoms with E-state index in [9.17, 15) is 14.0 Å². The lowest BCUT2D eigenvalue weighted by Crippen LogP contribution is -2.51. The number of nitrogens with zero attached hydrogens (tertiary/aromatic N) is 3. The summed E-state index contributed by atoms with van der Waals surface area (Å²) in [6, 6.07) is 4.88. The lowest BCUT2D eigenvalue weighted by atomic mass is 9.78. The molecule has 4 rings (SSSR count). The highest BCUT2D eigenvalue weighted by Gasteiger charge is 2.39. The van der Waals surface area contributed by atoms with Crippen LogP contribution in [0.25, 0.3) is 0 Å². The molecule has 1 spiro atoms. The number of rotatable bonds is 4. The van der Waals surface area contributed by atoms with Gasteiger partial charge in [-0.2, -0.15) is 0 Å². The van der Waals surface area contributed by atoms with Gasteiger partial charge in [-0.25, -0.2) is 9.18 Å². The van der Waals surface area contributed by atoms with Crippen molar-refractivity contribution >= 4 is 23.4 Å². The third-order valence-corrected chi connectivity index (χ3v) is 6.19. The number of piperidine rings is 1. The minimum Gasteiger partial charge on any atom is -0.442 e. The van der Waals surface area contributed by atoms with Crippen LogP contribution < -0.4 is 15.1 Å². The first-order chi connectivity index (χ1) is 14.3. The fourth-order valence-electron chi connectivity index (χ4n) is 4.62. The van der Waals surface area contributed by atoms with Crippen molar-refractivity contribution in [1.29, 1.82) is 0 Å². The SMILES string of the molecule is CC(=O)NC[C@H]1CN(c2ccc(N3CCC4(CC3)COCN(C)C4)c(F)c2)C(=O)O1. The van der Waals surface area contributed by atoms with Gasteiger partial charge in [-0.1, -0.05) is 0 Å². The number of hydrogen-bond donors (Lipinski definition) is 1. The van der Waals surface area contributed by atoms with Crippen LogP contribution in [0.1, 0.15) is 19.8 Å². The number of carbonyl (C=O) groups excluding carboxylic acids is 2. The topological polar surface area (TPSA) is 74.4 Å². The van der Waals surface area contributed by atoms with E-state index >= 15 is 0 Å².